The predicted octanol–water partition coefficient (Wildman–Crippen LogP) is 1.91. The molecule has 1 aromatic rings. The summed E-state index contributed by atoms with van der Waals surface area (Å²) in [5, 5.41) is 0. The summed E-state index contributed by atoms with van der Waals surface area (Å²) in [6.07, 6.45) is 4.38. The van der Waals surface area contributed by atoms with Gasteiger partial charge in [0.05, 0.1) is 12.2 Å². The van der Waals surface area contributed by atoms with E-state index in [9.17, 15) is 0 Å². The summed E-state index contributed by atoms with van der Waals surface area (Å²) in [4.78, 5) is 2.37. The average Bonchev–Trinajstić information content (AvgIpc) is 2.19. The van der Waals surface area contributed by atoms with Gasteiger partial charge in [-0.3, -0.25) is 0 Å². The van der Waals surface area contributed by atoms with E-state index in [2.05, 4.69) is 23.1 Å². The first-order valence-corrected chi connectivity index (χ1v) is 4.62. The summed E-state index contributed by atoms with van der Waals surface area (Å²) >= 11 is 0. The van der Waals surface area contributed by atoms with Crippen molar-refractivity contribution in [2.45, 2.75) is 0 Å². The van der Waals surface area contributed by atoms with E-state index in [1.807, 2.05) is 12.1 Å². The van der Waals surface area contributed by atoms with E-state index in [1.54, 1.807) is 0 Å². The molecule has 66 valence electrons. The Balaban J connectivity index is 2.24. The van der Waals surface area contributed by atoms with E-state index >= 15 is 0 Å². The van der Waals surface area contributed by atoms with Crippen LogP contribution in [0.2, 0.25) is 0 Å². The summed E-state index contributed by atoms with van der Waals surface area (Å²) in [6.45, 7) is 2.84. The van der Waals surface area contributed by atoms with Crippen LogP contribution in [-0.2, 0) is 0 Å². The molecule has 3 rings (SSSR count). The van der Waals surface area contributed by atoms with Crippen LogP contribution in [0.5, 0.6) is 5.75 Å². The molecule has 0 spiro atoms. The summed E-state index contributed by atoms with van der Waals surface area (Å²) in [7, 11) is 0. The average molecular weight is 173 g/mol. The van der Waals surface area contributed by atoms with Crippen molar-refractivity contribution < 1.29 is 4.74 Å². The topological polar surface area (TPSA) is 12.5 Å². The van der Waals surface area contributed by atoms with Crippen molar-refractivity contribution in [1.29, 1.82) is 0 Å². The maximum atomic E-state index is 5.59. The second-order valence-electron chi connectivity index (χ2n) is 3.39. The molecule has 0 atom stereocenters. The van der Waals surface area contributed by atoms with Gasteiger partial charge in [-0.05, 0) is 6.07 Å². The predicted molar refractivity (Wildman–Crippen MR) is 53.2 cm³/mol. The smallest absolute Gasteiger partial charge is 0.143 e. The number of benzene rings is 1. The van der Waals surface area contributed by atoms with Gasteiger partial charge in [0, 0.05) is 12.1 Å². The van der Waals surface area contributed by atoms with Crippen LogP contribution in [-0.4, -0.2) is 19.7 Å². The zero-order valence-corrected chi connectivity index (χ0v) is 7.36. The van der Waals surface area contributed by atoms with Crippen LogP contribution in [0.4, 0.5) is 5.69 Å². The minimum absolute atomic E-state index is 0.810. The molecule has 2 aliphatic rings. The number of anilines is 1. The normalized spacial score (nSPS) is 18.0. The summed E-state index contributed by atoms with van der Waals surface area (Å²) in [5.41, 5.74) is 2.56. The van der Waals surface area contributed by atoms with Crippen LogP contribution < -0.4 is 9.64 Å². The first kappa shape index (κ1) is 7.01. The van der Waals surface area contributed by atoms with Crippen molar-refractivity contribution in [2.75, 3.05) is 24.6 Å². The summed E-state index contributed by atoms with van der Waals surface area (Å²) in [6, 6.07) is 6.23. The van der Waals surface area contributed by atoms with E-state index < -0.39 is 0 Å². The van der Waals surface area contributed by atoms with Gasteiger partial charge in [0.2, 0.25) is 0 Å². The Labute approximate surface area is 77.4 Å². The van der Waals surface area contributed by atoms with Crippen LogP contribution >= 0.6 is 0 Å². The van der Waals surface area contributed by atoms with E-state index in [4.69, 9.17) is 4.74 Å². The van der Waals surface area contributed by atoms with E-state index in [-0.39, 0.29) is 0 Å². The van der Waals surface area contributed by atoms with Crippen molar-refractivity contribution in [3.8, 4) is 5.75 Å². The Bertz CT molecular complexity index is 370. The lowest BCUT2D eigenvalue weighted by atomic mass is 10.1. The standard InChI is InChI=1S/C11H11NO/c1-3-9-4-2-6-12-7-8-13-10(5-1)11(9)12/h1-5H,6-8H2. The van der Waals surface area contributed by atoms with Gasteiger partial charge in [-0.25, -0.2) is 0 Å². The molecule has 0 aromatic heterocycles. The van der Waals surface area contributed by atoms with Crippen LogP contribution in [0.3, 0.4) is 0 Å². The lowest BCUT2D eigenvalue weighted by molar-refractivity contribution is 0.309. The second-order valence-corrected chi connectivity index (χ2v) is 3.39. The molecule has 0 saturated heterocycles. The molecule has 0 fully saturated rings. The van der Waals surface area contributed by atoms with E-state index in [1.165, 1.54) is 11.3 Å². The Kier molecular flexibility index (Phi) is 1.36. The minimum atomic E-state index is 0.810. The Morgan fingerprint density at radius 2 is 2.31 bits per heavy atom. The summed E-state index contributed by atoms with van der Waals surface area (Å²) < 4.78 is 5.59. The van der Waals surface area contributed by atoms with Crippen molar-refractivity contribution in [2.24, 2.45) is 0 Å². The lowest BCUT2D eigenvalue weighted by Gasteiger charge is -2.33. The van der Waals surface area contributed by atoms with Gasteiger partial charge < -0.3 is 9.64 Å². The molecule has 2 heterocycles. The monoisotopic (exact) mass is 173 g/mol. The SMILES string of the molecule is C1=Cc2cccc3c2N(C1)CCO3. The molecular formula is C11H11NO. The maximum absolute atomic E-state index is 5.59. The lowest BCUT2D eigenvalue weighted by Crippen LogP contribution is -2.34. The number of nitrogens with zero attached hydrogens (tertiary/aromatic N) is 1. The Morgan fingerprint density at radius 1 is 1.31 bits per heavy atom. The zero-order valence-electron chi connectivity index (χ0n) is 7.36. The van der Waals surface area contributed by atoms with E-state index in [0.717, 1.165) is 25.4 Å². The highest BCUT2D eigenvalue weighted by Crippen LogP contribution is 2.37. The molecule has 2 aliphatic heterocycles. The van der Waals surface area contributed by atoms with E-state index in [0.29, 0.717) is 0 Å². The van der Waals surface area contributed by atoms with Gasteiger partial charge >= 0.3 is 0 Å². The molecular weight excluding hydrogens is 162 g/mol. The molecule has 0 saturated carbocycles. The fraction of sp³-hybridized carbons (Fsp3) is 0.273. The molecule has 2 nitrogen and oxygen atoms in total. The molecule has 0 amide bonds. The van der Waals surface area contributed by atoms with Crippen molar-refractivity contribution >= 4 is 11.8 Å². The van der Waals surface area contributed by atoms with Gasteiger partial charge in [0.1, 0.15) is 12.4 Å². The molecule has 13 heavy (non-hydrogen) atoms. The fourth-order valence-electron chi connectivity index (χ4n) is 2.00. The van der Waals surface area contributed by atoms with Gasteiger partial charge in [0.25, 0.3) is 0 Å². The highest BCUT2D eigenvalue weighted by Gasteiger charge is 2.21. The molecule has 0 radical (unpaired) electrons. The minimum Gasteiger partial charge on any atom is -0.490 e. The molecule has 2 heteroatoms. The molecule has 1 aromatic carbocycles. The quantitative estimate of drug-likeness (QED) is 0.594. The number of para-hydroxylation sites is 1. The van der Waals surface area contributed by atoms with Crippen LogP contribution in [0.25, 0.3) is 6.08 Å². The van der Waals surface area contributed by atoms with Gasteiger partial charge in [-0.15, -0.1) is 0 Å². The number of ether oxygens (including phenoxy) is 1. The number of hydrogen-bond acceptors (Lipinski definition) is 2. The first-order valence-electron chi connectivity index (χ1n) is 4.62. The highest BCUT2D eigenvalue weighted by atomic mass is 16.5. The third kappa shape index (κ3) is 0.949. The number of rotatable bonds is 0. The third-order valence-corrected chi connectivity index (χ3v) is 2.59. The Morgan fingerprint density at radius 3 is 3.31 bits per heavy atom. The van der Waals surface area contributed by atoms with Gasteiger partial charge in [-0.2, -0.15) is 0 Å². The van der Waals surface area contributed by atoms with Crippen LogP contribution in [0.1, 0.15) is 5.56 Å². The third-order valence-electron chi connectivity index (χ3n) is 2.59. The fourth-order valence-corrected chi connectivity index (χ4v) is 2.00. The van der Waals surface area contributed by atoms with Crippen molar-refractivity contribution in [3.05, 3.63) is 29.8 Å². The molecule has 0 bridgehead atoms. The van der Waals surface area contributed by atoms with Crippen molar-refractivity contribution in [3.63, 3.8) is 0 Å². The Hall–Kier alpha value is -1.44. The summed E-state index contributed by atoms with van der Waals surface area (Å²) in [5.74, 6) is 1.04. The molecule has 0 N–H and O–H groups in total. The van der Waals surface area contributed by atoms with Gasteiger partial charge in [-0.1, -0.05) is 24.3 Å². The first-order chi connectivity index (χ1) is 6.45. The molecule has 0 unspecified atom stereocenters. The number of hydrogen-bond donors (Lipinski definition) is 0. The van der Waals surface area contributed by atoms with Crippen molar-refractivity contribution in [1.82, 2.24) is 0 Å². The maximum Gasteiger partial charge on any atom is 0.143 e. The highest BCUT2D eigenvalue weighted by molar-refractivity contribution is 5.77. The van der Waals surface area contributed by atoms with Gasteiger partial charge in [0.15, 0.2) is 0 Å². The zero-order chi connectivity index (χ0) is 8.67. The second kappa shape index (κ2) is 2.52. The van der Waals surface area contributed by atoms with Crippen LogP contribution in [0.15, 0.2) is 24.3 Å². The largest absolute Gasteiger partial charge is 0.490 e. The molecule has 0 aliphatic carbocycles. The van der Waals surface area contributed by atoms with Crippen LogP contribution in [0, 0.1) is 0 Å².